The number of amides is 1. The van der Waals surface area contributed by atoms with Gasteiger partial charge in [0, 0.05) is 49.1 Å². The van der Waals surface area contributed by atoms with Crippen LogP contribution in [0.5, 0.6) is 0 Å². The second kappa shape index (κ2) is 11.4. The Morgan fingerprint density at radius 1 is 0.972 bits per heavy atom. The van der Waals surface area contributed by atoms with Gasteiger partial charge in [-0.25, -0.2) is 15.0 Å². The van der Waals surface area contributed by atoms with E-state index >= 15 is 0 Å². The number of nitrogens with one attached hydrogen (secondary N) is 2. The summed E-state index contributed by atoms with van der Waals surface area (Å²) in [4.78, 5) is 31.9. The van der Waals surface area contributed by atoms with E-state index in [1.54, 1.807) is 23.7 Å². The lowest BCUT2D eigenvalue weighted by Crippen LogP contribution is -2.34. The number of thiazole rings is 1. The predicted octanol–water partition coefficient (Wildman–Crippen LogP) is 5.68. The molecule has 4 heterocycles. The molecule has 0 unspecified atom stereocenters. The number of rotatable bonds is 8. The normalized spacial score (nSPS) is 17.5. The Bertz CT molecular complexity index is 1300. The van der Waals surface area contributed by atoms with Crippen LogP contribution in [-0.2, 0) is 11.2 Å². The summed E-state index contributed by atoms with van der Waals surface area (Å²) in [6.07, 6.45) is 10.0. The Hall–Kier alpha value is -3.65. The van der Waals surface area contributed by atoms with Crippen LogP contribution in [0.15, 0.2) is 67.1 Å². The summed E-state index contributed by atoms with van der Waals surface area (Å²) < 4.78 is 0. The Kier molecular flexibility index (Phi) is 7.61. The first-order valence-corrected chi connectivity index (χ1v) is 13.3. The van der Waals surface area contributed by atoms with Crippen LogP contribution in [0.3, 0.4) is 0 Å². The topological polar surface area (TPSA) is 92.7 Å². The molecule has 1 aliphatic carbocycles. The SMILES string of the molecule is Cc1ccnc(Nc2cccc(-c3cnc([C@H]4CC[C@H](C(=O)NCCc5ccccn5)CC4)s3)n2)c1. The first-order valence-electron chi connectivity index (χ1n) is 12.4. The molecular weight excluding hydrogens is 468 g/mol. The zero-order valence-electron chi connectivity index (χ0n) is 20.4. The fraction of sp³-hybridized carbons (Fsp3) is 0.321. The van der Waals surface area contributed by atoms with E-state index < -0.39 is 0 Å². The summed E-state index contributed by atoms with van der Waals surface area (Å²) in [6.45, 7) is 2.67. The van der Waals surface area contributed by atoms with Crippen molar-refractivity contribution in [3.63, 3.8) is 0 Å². The van der Waals surface area contributed by atoms with Crippen LogP contribution in [0.1, 0.15) is 47.9 Å². The Balaban J connectivity index is 1.14. The van der Waals surface area contributed by atoms with Gasteiger partial charge in [0.2, 0.25) is 5.91 Å². The summed E-state index contributed by atoms with van der Waals surface area (Å²) in [5.74, 6) is 2.20. The molecule has 0 aromatic carbocycles. The van der Waals surface area contributed by atoms with E-state index in [1.807, 2.05) is 61.7 Å². The van der Waals surface area contributed by atoms with Crippen molar-refractivity contribution >= 4 is 28.9 Å². The van der Waals surface area contributed by atoms with E-state index in [-0.39, 0.29) is 11.8 Å². The predicted molar refractivity (Wildman–Crippen MR) is 143 cm³/mol. The zero-order valence-corrected chi connectivity index (χ0v) is 21.2. The van der Waals surface area contributed by atoms with Crippen molar-refractivity contribution < 1.29 is 4.79 Å². The number of carbonyl (C=O) groups excluding carboxylic acids is 1. The fourth-order valence-corrected chi connectivity index (χ4v) is 5.64. The van der Waals surface area contributed by atoms with Gasteiger partial charge in [-0.15, -0.1) is 11.3 Å². The van der Waals surface area contributed by atoms with Crippen molar-refractivity contribution in [3.8, 4) is 10.6 Å². The van der Waals surface area contributed by atoms with Gasteiger partial charge in [0.05, 0.1) is 15.6 Å². The van der Waals surface area contributed by atoms with Gasteiger partial charge in [0.15, 0.2) is 0 Å². The van der Waals surface area contributed by atoms with Gasteiger partial charge in [-0.05, 0) is 74.6 Å². The van der Waals surface area contributed by atoms with Crippen LogP contribution in [0.4, 0.5) is 11.6 Å². The molecule has 1 aliphatic rings. The quantitative estimate of drug-likeness (QED) is 0.325. The van der Waals surface area contributed by atoms with Gasteiger partial charge < -0.3 is 10.6 Å². The molecule has 0 saturated heterocycles. The molecule has 1 fully saturated rings. The molecular formula is C28H30N6OS. The van der Waals surface area contributed by atoms with Gasteiger partial charge >= 0.3 is 0 Å². The molecule has 0 aliphatic heterocycles. The molecule has 0 bridgehead atoms. The number of hydrogen-bond acceptors (Lipinski definition) is 7. The van der Waals surface area contributed by atoms with E-state index in [1.165, 1.54) is 0 Å². The molecule has 8 heteroatoms. The molecule has 36 heavy (non-hydrogen) atoms. The van der Waals surface area contributed by atoms with E-state index in [4.69, 9.17) is 9.97 Å². The lowest BCUT2D eigenvalue weighted by atomic mass is 9.82. The van der Waals surface area contributed by atoms with Crippen molar-refractivity contribution in [3.05, 3.63) is 83.4 Å². The van der Waals surface area contributed by atoms with Gasteiger partial charge in [-0.2, -0.15) is 0 Å². The molecule has 5 rings (SSSR count). The largest absolute Gasteiger partial charge is 0.355 e. The minimum Gasteiger partial charge on any atom is -0.355 e. The van der Waals surface area contributed by atoms with E-state index in [0.717, 1.165) is 70.6 Å². The second-order valence-electron chi connectivity index (χ2n) is 9.22. The lowest BCUT2D eigenvalue weighted by molar-refractivity contribution is -0.125. The zero-order chi connectivity index (χ0) is 24.7. The molecule has 1 amide bonds. The van der Waals surface area contributed by atoms with Gasteiger partial charge in [-0.3, -0.25) is 9.78 Å². The van der Waals surface area contributed by atoms with E-state index in [9.17, 15) is 4.79 Å². The summed E-state index contributed by atoms with van der Waals surface area (Å²) >= 11 is 1.71. The number of aryl methyl sites for hydroxylation is 1. The molecule has 1 saturated carbocycles. The monoisotopic (exact) mass is 498 g/mol. The molecule has 2 N–H and O–H groups in total. The van der Waals surface area contributed by atoms with Crippen LogP contribution in [0.25, 0.3) is 10.6 Å². The van der Waals surface area contributed by atoms with Crippen molar-refractivity contribution in [1.82, 2.24) is 25.3 Å². The summed E-state index contributed by atoms with van der Waals surface area (Å²) in [6, 6.07) is 15.8. The first kappa shape index (κ1) is 24.1. The molecule has 0 atom stereocenters. The smallest absolute Gasteiger partial charge is 0.223 e. The number of carbonyl (C=O) groups is 1. The average Bonchev–Trinajstić information content (AvgIpc) is 3.40. The Labute approximate surface area is 215 Å². The van der Waals surface area contributed by atoms with Crippen molar-refractivity contribution in [2.24, 2.45) is 5.92 Å². The van der Waals surface area contributed by atoms with Gasteiger partial charge in [0.25, 0.3) is 0 Å². The second-order valence-corrected chi connectivity index (χ2v) is 10.3. The minimum atomic E-state index is 0.0871. The van der Waals surface area contributed by atoms with Crippen molar-refractivity contribution in [2.75, 3.05) is 11.9 Å². The van der Waals surface area contributed by atoms with E-state index in [2.05, 4.69) is 20.6 Å². The highest BCUT2D eigenvalue weighted by atomic mass is 32.1. The van der Waals surface area contributed by atoms with Crippen molar-refractivity contribution in [2.45, 2.75) is 44.9 Å². The average molecular weight is 499 g/mol. The van der Waals surface area contributed by atoms with Gasteiger partial charge in [0.1, 0.15) is 11.6 Å². The van der Waals surface area contributed by atoms with Crippen LogP contribution in [-0.4, -0.2) is 32.4 Å². The number of anilines is 2. The van der Waals surface area contributed by atoms with Crippen LogP contribution >= 0.6 is 11.3 Å². The highest BCUT2D eigenvalue weighted by molar-refractivity contribution is 7.15. The maximum atomic E-state index is 12.6. The van der Waals surface area contributed by atoms with Crippen molar-refractivity contribution in [1.29, 1.82) is 0 Å². The molecule has 0 radical (unpaired) electrons. The molecule has 4 aromatic heterocycles. The highest BCUT2D eigenvalue weighted by Crippen LogP contribution is 2.39. The third-order valence-corrected chi connectivity index (χ3v) is 7.73. The standard InChI is InChI=1S/C28H30N6OS/c1-19-12-15-30-26(17-19)34-25-7-4-6-23(33-25)24-18-32-28(36-24)21-10-8-20(9-11-21)27(35)31-16-13-22-5-2-3-14-29-22/h2-7,12,14-15,17-18,20-21H,8-11,13,16H2,1H3,(H,31,35)(H,30,33,34)/t20-,21-. The third-order valence-electron chi connectivity index (χ3n) is 6.55. The summed E-state index contributed by atoms with van der Waals surface area (Å²) in [7, 11) is 0. The molecule has 0 spiro atoms. The maximum absolute atomic E-state index is 12.6. The highest BCUT2D eigenvalue weighted by Gasteiger charge is 2.28. The molecule has 184 valence electrons. The summed E-state index contributed by atoms with van der Waals surface area (Å²) in [5.41, 5.74) is 3.05. The number of pyridine rings is 3. The number of hydrogen-bond donors (Lipinski definition) is 2. The maximum Gasteiger partial charge on any atom is 0.223 e. The van der Waals surface area contributed by atoms with E-state index in [0.29, 0.717) is 12.5 Å². The molecule has 7 nitrogen and oxygen atoms in total. The fourth-order valence-electron chi connectivity index (χ4n) is 4.58. The minimum absolute atomic E-state index is 0.0871. The molecule has 4 aromatic rings. The lowest BCUT2D eigenvalue weighted by Gasteiger charge is -2.26. The Morgan fingerprint density at radius 2 is 1.86 bits per heavy atom. The summed E-state index contributed by atoms with van der Waals surface area (Å²) in [5, 5.41) is 7.52. The van der Waals surface area contributed by atoms with Crippen LogP contribution in [0.2, 0.25) is 0 Å². The Morgan fingerprint density at radius 3 is 2.67 bits per heavy atom. The van der Waals surface area contributed by atoms with Crippen LogP contribution < -0.4 is 10.6 Å². The van der Waals surface area contributed by atoms with Gasteiger partial charge in [-0.1, -0.05) is 12.1 Å². The number of aromatic nitrogens is 4. The van der Waals surface area contributed by atoms with Crippen LogP contribution in [0, 0.1) is 12.8 Å². The number of nitrogens with zero attached hydrogens (tertiary/aromatic N) is 4. The third kappa shape index (κ3) is 6.12. The first-order chi connectivity index (χ1) is 17.6.